The number of hydrogen-bond acceptors (Lipinski definition) is 8. The van der Waals surface area contributed by atoms with Crippen molar-refractivity contribution in [1.82, 2.24) is 14.3 Å². The fraction of sp³-hybridized carbons (Fsp3) is 0.250. The number of methoxy groups -OCH3 is 3. The monoisotopic (exact) mass is 537 g/mol. The van der Waals surface area contributed by atoms with Crippen LogP contribution in [0.1, 0.15) is 27.3 Å². The molecule has 0 aliphatic heterocycles. The van der Waals surface area contributed by atoms with Crippen molar-refractivity contribution in [3.63, 3.8) is 0 Å². The number of carbonyl (C=O) groups excluding carboxylic acids is 1. The topological polar surface area (TPSA) is 83.0 Å². The summed E-state index contributed by atoms with van der Waals surface area (Å²) in [6.07, 6.45) is 1.09. The molecule has 0 N–H and O–H groups in total. The molecule has 10 heteroatoms. The summed E-state index contributed by atoms with van der Waals surface area (Å²) in [5, 5.41) is 0.312. The number of aromatic nitrogens is 2. The van der Waals surface area contributed by atoms with Gasteiger partial charge in [0.1, 0.15) is 5.82 Å². The molecule has 0 unspecified atom stereocenters. The van der Waals surface area contributed by atoms with E-state index in [2.05, 4.69) is 9.36 Å². The summed E-state index contributed by atoms with van der Waals surface area (Å²) >= 11 is 1.09. The van der Waals surface area contributed by atoms with E-state index in [0.29, 0.717) is 59.0 Å². The number of halogens is 1. The molecule has 1 aromatic heterocycles. The predicted octanol–water partition coefficient (Wildman–Crippen LogP) is 5.40. The van der Waals surface area contributed by atoms with Gasteiger partial charge in [-0.2, -0.15) is 9.36 Å². The largest absolute Gasteiger partial charge is 0.493 e. The molecule has 1 amide bonds. The molecule has 0 saturated heterocycles. The van der Waals surface area contributed by atoms with Gasteiger partial charge in [-0.05, 0) is 60.0 Å². The third-order valence-electron chi connectivity index (χ3n) is 5.86. The standard InChI is InChI=1S/C28H28FN3O5S/c1-32(14-13-19-7-11-22(34-2)24(15-19)36-4)27(33)20-8-12-23(35-3)25(17-20)37-28-30-26(31-38-28)16-18-5-9-21(29)10-6-18/h5-12,15,17H,13-14,16H2,1-4H3. The molecule has 3 aromatic carbocycles. The lowest BCUT2D eigenvalue weighted by Crippen LogP contribution is -2.28. The van der Waals surface area contributed by atoms with Crippen LogP contribution in [-0.4, -0.2) is 55.1 Å². The van der Waals surface area contributed by atoms with Gasteiger partial charge in [0.15, 0.2) is 28.8 Å². The quantitative estimate of drug-likeness (QED) is 0.253. The molecule has 0 fully saturated rings. The summed E-state index contributed by atoms with van der Waals surface area (Å²) in [6, 6.07) is 16.9. The first kappa shape index (κ1) is 26.9. The smallest absolute Gasteiger partial charge is 0.298 e. The average Bonchev–Trinajstić information content (AvgIpc) is 3.38. The first-order chi connectivity index (χ1) is 18.4. The van der Waals surface area contributed by atoms with Crippen LogP contribution in [0.15, 0.2) is 60.7 Å². The van der Waals surface area contributed by atoms with Gasteiger partial charge in [0.25, 0.3) is 11.1 Å². The Balaban J connectivity index is 1.42. The zero-order chi connectivity index (χ0) is 27.1. The van der Waals surface area contributed by atoms with E-state index in [9.17, 15) is 9.18 Å². The second-order valence-corrected chi connectivity index (χ2v) is 9.13. The summed E-state index contributed by atoms with van der Waals surface area (Å²) in [7, 11) is 6.46. The SMILES string of the molecule is COc1ccc(CCN(C)C(=O)c2ccc(OC)c(Oc3nc(Cc4ccc(F)cc4)ns3)c2)cc1OC. The minimum Gasteiger partial charge on any atom is -0.493 e. The van der Waals surface area contributed by atoms with Gasteiger partial charge in [-0.3, -0.25) is 4.79 Å². The molecule has 0 bridgehead atoms. The van der Waals surface area contributed by atoms with Gasteiger partial charge in [-0.1, -0.05) is 18.2 Å². The van der Waals surface area contributed by atoms with E-state index in [1.54, 1.807) is 56.5 Å². The molecule has 4 rings (SSSR count). The minimum atomic E-state index is -0.294. The molecule has 0 spiro atoms. The van der Waals surface area contributed by atoms with Gasteiger partial charge in [-0.25, -0.2) is 4.39 Å². The molecular formula is C28H28FN3O5S. The number of rotatable bonds is 11. The summed E-state index contributed by atoms with van der Waals surface area (Å²) in [4.78, 5) is 19.2. The highest BCUT2D eigenvalue weighted by molar-refractivity contribution is 7.07. The van der Waals surface area contributed by atoms with E-state index in [-0.39, 0.29) is 11.7 Å². The normalized spacial score (nSPS) is 10.7. The molecule has 1 heterocycles. The fourth-order valence-electron chi connectivity index (χ4n) is 3.77. The summed E-state index contributed by atoms with van der Waals surface area (Å²) in [5.41, 5.74) is 2.36. The van der Waals surface area contributed by atoms with Crippen molar-refractivity contribution in [1.29, 1.82) is 0 Å². The first-order valence-corrected chi connectivity index (χ1v) is 12.6. The summed E-state index contributed by atoms with van der Waals surface area (Å²) < 4.78 is 39.5. The lowest BCUT2D eigenvalue weighted by Gasteiger charge is -2.18. The summed E-state index contributed by atoms with van der Waals surface area (Å²) in [6.45, 7) is 0.500. The molecule has 0 radical (unpaired) electrons. The van der Waals surface area contributed by atoms with Crippen molar-refractivity contribution in [2.24, 2.45) is 0 Å². The second kappa shape index (κ2) is 12.4. The van der Waals surface area contributed by atoms with E-state index < -0.39 is 0 Å². The van der Waals surface area contributed by atoms with Crippen molar-refractivity contribution < 1.29 is 28.1 Å². The number of hydrogen-bond donors (Lipinski definition) is 0. The van der Waals surface area contributed by atoms with Crippen molar-refractivity contribution in [2.45, 2.75) is 12.8 Å². The lowest BCUT2D eigenvalue weighted by molar-refractivity contribution is 0.0796. The number of ether oxygens (including phenoxy) is 4. The van der Waals surface area contributed by atoms with Crippen LogP contribution in [0, 0.1) is 5.82 Å². The van der Waals surface area contributed by atoms with Gasteiger partial charge in [-0.15, -0.1) is 0 Å². The molecule has 0 saturated carbocycles. The maximum Gasteiger partial charge on any atom is 0.298 e. The molecule has 4 aromatic rings. The Labute approximate surface area is 224 Å². The van der Waals surface area contributed by atoms with Crippen LogP contribution in [0.25, 0.3) is 0 Å². The Bertz CT molecular complexity index is 1390. The third-order valence-corrected chi connectivity index (χ3v) is 6.50. The van der Waals surface area contributed by atoms with Gasteiger partial charge >= 0.3 is 0 Å². The van der Waals surface area contributed by atoms with Crippen molar-refractivity contribution in [2.75, 3.05) is 34.9 Å². The molecular weight excluding hydrogens is 509 g/mol. The maximum absolute atomic E-state index is 13.2. The highest BCUT2D eigenvalue weighted by Gasteiger charge is 2.17. The minimum absolute atomic E-state index is 0.160. The number of benzene rings is 3. The zero-order valence-electron chi connectivity index (χ0n) is 21.6. The lowest BCUT2D eigenvalue weighted by atomic mass is 10.1. The number of carbonyl (C=O) groups is 1. The molecule has 0 aliphatic rings. The van der Waals surface area contributed by atoms with Crippen LogP contribution in [0.3, 0.4) is 0 Å². The van der Waals surface area contributed by atoms with E-state index in [4.69, 9.17) is 18.9 Å². The van der Waals surface area contributed by atoms with Gasteiger partial charge < -0.3 is 23.8 Å². The van der Waals surface area contributed by atoms with E-state index in [0.717, 1.165) is 22.7 Å². The Morgan fingerprint density at radius 3 is 2.24 bits per heavy atom. The van der Waals surface area contributed by atoms with Gasteiger partial charge in [0.05, 0.1) is 21.3 Å². The van der Waals surface area contributed by atoms with Gasteiger partial charge in [0.2, 0.25) is 0 Å². The van der Waals surface area contributed by atoms with Gasteiger partial charge in [0, 0.05) is 37.1 Å². The molecule has 198 valence electrons. The van der Waals surface area contributed by atoms with Crippen LogP contribution >= 0.6 is 11.5 Å². The highest BCUT2D eigenvalue weighted by atomic mass is 32.1. The van der Waals surface area contributed by atoms with Crippen LogP contribution in [0.2, 0.25) is 0 Å². The Hall–Kier alpha value is -4.18. The molecule has 0 atom stereocenters. The maximum atomic E-state index is 13.2. The highest BCUT2D eigenvalue weighted by Crippen LogP contribution is 2.34. The number of likely N-dealkylation sites (N-methyl/N-ethyl adjacent to an activating group) is 1. The molecule has 8 nitrogen and oxygen atoms in total. The van der Waals surface area contributed by atoms with E-state index in [1.807, 2.05) is 18.2 Å². The van der Waals surface area contributed by atoms with Crippen LogP contribution in [0.4, 0.5) is 4.39 Å². The van der Waals surface area contributed by atoms with Crippen LogP contribution in [-0.2, 0) is 12.8 Å². The Morgan fingerprint density at radius 1 is 0.868 bits per heavy atom. The third kappa shape index (κ3) is 6.57. The number of nitrogens with zero attached hydrogens (tertiary/aromatic N) is 3. The van der Waals surface area contributed by atoms with Crippen molar-refractivity contribution >= 4 is 17.4 Å². The summed E-state index contributed by atoms with van der Waals surface area (Å²) in [5.74, 6) is 2.22. The first-order valence-electron chi connectivity index (χ1n) is 11.8. The van der Waals surface area contributed by atoms with Crippen molar-refractivity contribution in [3.05, 3.63) is 89.0 Å². The predicted molar refractivity (Wildman–Crippen MR) is 142 cm³/mol. The molecule has 38 heavy (non-hydrogen) atoms. The van der Waals surface area contributed by atoms with Crippen LogP contribution < -0.4 is 18.9 Å². The van der Waals surface area contributed by atoms with Crippen molar-refractivity contribution in [3.8, 4) is 28.2 Å². The van der Waals surface area contributed by atoms with E-state index in [1.165, 1.54) is 19.2 Å². The fourth-order valence-corrected chi connectivity index (χ4v) is 4.34. The zero-order valence-corrected chi connectivity index (χ0v) is 22.4. The second-order valence-electron chi connectivity index (χ2n) is 8.41. The Kier molecular flexibility index (Phi) is 8.75. The van der Waals surface area contributed by atoms with E-state index >= 15 is 0 Å². The molecule has 0 aliphatic carbocycles. The average molecular weight is 538 g/mol. The van der Waals surface area contributed by atoms with Crippen LogP contribution in [0.5, 0.6) is 28.2 Å². The Morgan fingerprint density at radius 2 is 1.53 bits per heavy atom. The number of amides is 1.